The quantitative estimate of drug-likeness (QED) is 0.475. The second-order valence-electron chi connectivity index (χ2n) is 7.33. The average Bonchev–Trinajstić information content (AvgIpc) is 3.25. The summed E-state index contributed by atoms with van der Waals surface area (Å²) in [6, 6.07) is 20.6. The number of amides is 2. The number of hydrogen-bond donors (Lipinski definition) is 1. The summed E-state index contributed by atoms with van der Waals surface area (Å²) in [5.74, 6) is 0.605. The number of rotatable bonds is 3. The number of benzene rings is 3. The Morgan fingerprint density at radius 1 is 1.00 bits per heavy atom. The van der Waals surface area contributed by atoms with E-state index in [-0.39, 0.29) is 11.8 Å². The monoisotopic (exact) mass is 442 g/mol. The van der Waals surface area contributed by atoms with Gasteiger partial charge < -0.3 is 14.7 Å². The summed E-state index contributed by atoms with van der Waals surface area (Å²) in [5, 5.41) is 6.89. The SMILES string of the molecule is CC(=O)Nc1cccc(-c2nc(-c3ccc4c(c3)Sc3ccccc3C(=O)N4C)no2)c1. The third-order valence-electron chi connectivity index (χ3n) is 5.08. The number of carbonyl (C=O) groups is 2. The fourth-order valence-corrected chi connectivity index (χ4v) is 4.69. The number of nitrogens with zero attached hydrogens (tertiary/aromatic N) is 3. The van der Waals surface area contributed by atoms with Gasteiger partial charge in [-0.1, -0.05) is 35.1 Å². The molecule has 0 atom stereocenters. The maximum absolute atomic E-state index is 12.9. The van der Waals surface area contributed by atoms with E-state index >= 15 is 0 Å². The van der Waals surface area contributed by atoms with Crippen molar-refractivity contribution in [2.75, 3.05) is 17.3 Å². The fourth-order valence-electron chi connectivity index (χ4n) is 3.54. The Morgan fingerprint density at radius 3 is 2.69 bits per heavy atom. The highest BCUT2D eigenvalue weighted by molar-refractivity contribution is 7.99. The predicted octanol–water partition coefficient (Wildman–Crippen LogP) is 5.10. The van der Waals surface area contributed by atoms with Gasteiger partial charge in [0, 0.05) is 40.6 Å². The van der Waals surface area contributed by atoms with Crippen LogP contribution in [0.2, 0.25) is 0 Å². The maximum Gasteiger partial charge on any atom is 0.259 e. The third kappa shape index (κ3) is 3.65. The Morgan fingerprint density at radius 2 is 1.84 bits per heavy atom. The van der Waals surface area contributed by atoms with E-state index in [0.717, 1.165) is 21.0 Å². The first kappa shape index (κ1) is 20.0. The molecule has 8 heteroatoms. The van der Waals surface area contributed by atoms with E-state index in [1.165, 1.54) is 6.92 Å². The van der Waals surface area contributed by atoms with E-state index in [1.54, 1.807) is 35.8 Å². The van der Waals surface area contributed by atoms with Crippen molar-refractivity contribution in [2.45, 2.75) is 16.7 Å². The molecule has 0 fully saturated rings. The second kappa shape index (κ2) is 7.97. The van der Waals surface area contributed by atoms with Gasteiger partial charge in [0.15, 0.2) is 0 Å². The lowest BCUT2D eigenvalue weighted by atomic mass is 10.1. The topological polar surface area (TPSA) is 88.3 Å². The first-order valence-corrected chi connectivity index (χ1v) is 10.7. The van der Waals surface area contributed by atoms with E-state index in [4.69, 9.17) is 4.52 Å². The van der Waals surface area contributed by atoms with Crippen molar-refractivity contribution < 1.29 is 14.1 Å². The van der Waals surface area contributed by atoms with Crippen molar-refractivity contribution in [3.8, 4) is 22.8 Å². The van der Waals surface area contributed by atoms with Crippen LogP contribution in [-0.4, -0.2) is 29.0 Å². The third-order valence-corrected chi connectivity index (χ3v) is 6.20. The molecule has 0 saturated heterocycles. The highest BCUT2D eigenvalue weighted by Crippen LogP contribution is 2.42. The van der Waals surface area contributed by atoms with Gasteiger partial charge in [0.2, 0.25) is 11.7 Å². The Labute approximate surface area is 188 Å². The molecule has 5 rings (SSSR count). The molecule has 7 nitrogen and oxygen atoms in total. The molecule has 32 heavy (non-hydrogen) atoms. The Hall–Kier alpha value is -3.91. The largest absolute Gasteiger partial charge is 0.334 e. The number of nitrogens with one attached hydrogen (secondary N) is 1. The van der Waals surface area contributed by atoms with Crippen LogP contribution in [0.4, 0.5) is 11.4 Å². The first-order valence-electron chi connectivity index (χ1n) is 9.91. The molecule has 1 N–H and O–H groups in total. The average molecular weight is 443 g/mol. The lowest BCUT2D eigenvalue weighted by Gasteiger charge is -2.17. The van der Waals surface area contributed by atoms with Crippen molar-refractivity contribution >= 4 is 35.0 Å². The highest BCUT2D eigenvalue weighted by Gasteiger charge is 2.25. The minimum atomic E-state index is -0.152. The first-order chi connectivity index (χ1) is 15.5. The molecule has 1 aliphatic rings. The molecule has 1 aromatic heterocycles. The number of carbonyl (C=O) groups excluding carboxylic acids is 2. The van der Waals surface area contributed by atoms with Crippen LogP contribution in [0.1, 0.15) is 17.3 Å². The molecular formula is C24H18N4O3S. The van der Waals surface area contributed by atoms with E-state index in [0.29, 0.717) is 28.5 Å². The Kier molecular flexibility index (Phi) is 4.99. The molecule has 0 bridgehead atoms. The Balaban J connectivity index is 1.50. The number of aromatic nitrogens is 2. The fraction of sp³-hybridized carbons (Fsp3) is 0.0833. The summed E-state index contributed by atoms with van der Waals surface area (Å²) in [5.41, 5.74) is 3.65. The second-order valence-corrected chi connectivity index (χ2v) is 8.41. The van der Waals surface area contributed by atoms with Gasteiger partial charge in [0.1, 0.15) is 0 Å². The van der Waals surface area contributed by atoms with Crippen LogP contribution in [0.15, 0.2) is 81.0 Å². The molecule has 0 spiro atoms. The molecule has 0 unspecified atom stereocenters. The normalized spacial score (nSPS) is 12.7. The van der Waals surface area contributed by atoms with Gasteiger partial charge in [-0.3, -0.25) is 9.59 Å². The summed E-state index contributed by atoms with van der Waals surface area (Å²) >= 11 is 1.54. The molecule has 4 aromatic rings. The van der Waals surface area contributed by atoms with Gasteiger partial charge in [0.25, 0.3) is 11.8 Å². The smallest absolute Gasteiger partial charge is 0.259 e. The van der Waals surface area contributed by atoms with Gasteiger partial charge in [0.05, 0.1) is 11.3 Å². The highest BCUT2D eigenvalue weighted by atomic mass is 32.2. The zero-order chi connectivity index (χ0) is 22.2. The number of anilines is 2. The predicted molar refractivity (Wildman–Crippen MR) is 123 cm³/mol. The van der Waals surface area contributed by atoms with Crippen molar-refractivity contribution in [1.82, 2.24) is 10.1 Å². The summed E-state index contributed by atoms with van der Waals surface area (Å²) < 4.78 is 5.48. The van der Waals surface area contributed by atoms with Crippen molar-refractivity contribution in [2.24, 2.45) is 0 Å². The van der Waals surface area contributed by atoms with Crippen molar-refractivity contribution in [3.05, 3.63) is 72.3 Å². The zero-order valence-electron chi connectivity index (χ0n) is 17.3. The lowest BCUT2D eigenvalue weighted by molar-refractivity contribution is -0.114. The summed E-state index contributed by atoms with van der Waals surface area (Å²) in [7, 11) is 1.78. The minimum Gasteiger partial charge on any atom is -0.334 e. The van der Waals surface area contributed by atoms with Gasteiger partial charge in [-0.25, -0.2) is 0 Å². The molecule has 0 aliphatic carbocycles. The molecule has 0 saturated carbocycles. The molecule has 0 radical (unpaired) electrons. The van der Waals surface area contributed by atoms with Crippen molar-refractivity contribution in [1.29, 1.82) is 0 Å². The van der Waals surface area contributed by atoms with E-state index in [1.807, 2.05) is 54.6 Å². The molecule has 158 valence electrons. The van der Waals surface area contributed by atoms with Crippen LogP contribution in [0, 0.1) is 0 Å². The van der Waals surface area contributed by atoms with Gasteiger partial charge >= 0.3 is 0 Å². The number of fused-ring (bicyclic) bond motifs is 2. The van der Waals surface area contributed by atoms with Crippen molar-refractivity contribution in [3.63, 3.8) is 0 Å². The maximum atomic E-state index is 12.9. The summed E-state index contributed by atoms with van der Waals surface area (Å²) in [4.78, 5) is 32.2. The van der Waals surface area contributed by atoms with Gasteiger partial charge in [-0.15, -0.1) is 0 Å². The molecular weight excluding hydrogens is 424 g/mol. The molecule has 1 aliphatic heterocycles. The molecule has 2 heterocycles. The van der Waals surface area contributed by atoms with Crippen LogP contribution in [0.3, 0.4) is 0 Å². The standard InChI is InChI=1S/C24H18N4O3S/c1-14(29)25-17-7-5-6-16(12-17)23-26-22(27-31-23)15-10-11-19-21(13-15)32-20-9-4-3-8-18(20)24(30)28(19)2/h3-13H,1-2H3,(H,25,29). The zero-order valence-corrected chi connectivity index (χ0v) is 18.1. The van der Waals surface area contributed by atoms with Gasteiger partial charge in [-0.05, 0) is 48.5 Å². The van der Waals surface area contributed by atoms with Crippen LogP contribution in [0.25, 0.3) is 22.8 Å². The van der Waals surface area contributed by atoms with E-state index < -0.39 is 0 Å². The van der Waals surface area contributed by atoms with Gasteiger partial charge in [-0.2, -0.15) is 4.98 Å². The van der Waals surface area contributed by atoms with Crippen LogP contribution >= 0.6 is 11.8 Å². The van der Waals surface area contributed by atoms with Crippen LogP contribution in [-0.2, 0) is 4.79 Å². The minimum absolute atomic E-state index is 0.0412. The summed E-state index contributed by atoms with van der Waals surface area (Å²) in [6.45, 7) is 1.46. The molecule has 3 aromatic carbocycles. The van der Waals surface area contributed by atoms with E-state index in [9.17, 15) is 9.59 Å². The lowest BCUT2D eigenvalue weighted by Crippen LogP contribution is -2.25. The van der Waals surface area contributed by atoms with E-state index in [2.05, 4.69) is 15.5 Å². The molecule has 2 amide bonds. The Bertz CT molecular complexity index is 1360. The number of hydrogen-bond acceptors (Lipinski definition) is 6. The summed E-state index contributed by atoms with van der Waals surface area (Å²) in [6.07, 6.45) is 0. The van der Waals surface area contributed by atoms with Crippen LogP contribution in [0.5, 0.6) is 0 Å². The van der Waals surface area contributed by atoms with Crippen LogP contribution < -0.4 is 10.2 Å².